The molecule has 1 aromatic heterocycles. The summed E-state index contributed by atoms with van der Waals surface area (Å²) < 4.78 is 22.2. The lowest BCUT2D eigenvalue weighted by atomic mass is 9.98. The average Bonchev–Trinajstić information content (AvgIpc) is 3.01. The molecule has 6 heteroatoms. The lowest BCUT2D eigenvalue weighted by Gasteiger charge is -2.23. The highest BCUT2D eigenvalue weighted by Crippen LogP contribution is 2.33. The third-order valence-corrected chi connectivity index (χ3v) is 6.40. The molecule has 1 aliphatic carbocycles. The van der Waals surface area contributed by atoms with E-state index in [1.807, 2.05) is 84.9 Å². The van der Waals surface area contributed by atoms with Gasteiger partial charge in [0.25, 0.3) is 6.47 Å². The van der Waals surface area contributed by atoms with Crippen LogP contribution in [0.1, 0.15) is 43.2 Å². The van der Waals surface area contributed by atoms with Crippen molar-refractivity contribution in [1.82, 2.24) is 4.98 Å². The van der Waals surface area contributed by atoms with Crippen molar-refractivity contribution in [3.05, 3.63) is 108 Å². The Morgan fingerprint density at radius 3 is 1.92 bits per heavy atom. The number of carbonyl (C=O) groups excluding carboxylic acids is 1. The summed E-state index contributed by atoms with van der Waals surface area (Å²) in [7, 11) is 1.31. The van der Waals surface area contributed by atoms with Crippen LogP contribution in [0.4, 0.5) is 0 Å². The van der Waals surface area contributed by atoms with Crippen molar-refractivity contribution in [3.63, 3.8) is 0 Å². The molecule has 202 valence electrons. The Labute approximate surface area is 230 Å². The van der Waals surface area contributed by atoms with Crippen LogP contribution in [0.25, 0.3) is 11.1 Å². The first kappa shape index (κ1) is 27.7. The van der Waals surface area contributed by atoms with Crippen molar-refractivity contribution in [2.45, 2.75) is 51.4 Å². The topological polar surface area (TPSA) is 66.9 Å². The maximum atomic E-state index is 8.95. The van der Waals surface area contributed by atoms with Gasteiger partial charge in [-0.05, 0) is 60.6 Å². The first-order valence-electron chi connectivity index (χ1n) is 13.3. The van der Waals surface area contributed by atoms with E-state index in [-0.39, 0.29) is 0 Å². The van der Waals surface area contributed by atoms with Gasteiger partial charge in [-0.2, -0.15) is 4.98 Å². The molecule has 39 heavy (non-hydrogen) atoms. The second kappa shape index (κ2) is 15.2. The zero-order valence-corrected chi connectivity index (χ0v) is 22.3. The second-order valence-corrected chi connectivity index (χ2v) is 9.28. The maximum Gasteiger partial charge on any atom is 0.292 e. The minimum atomic E-state index is 0.335. The number of carbonyl (C=O) groups is 1. The fourth-order valence-corrected chi connectivity index (χ4v) is 4.38. The van der Waals surface area contributed by atoms with Gasteiger partial charge in [0.05, 0.1) is 13.2 Å². The first-order chi connectivity index (χ1) is 19.2. The van der Waals surface area contributed by atoms with Gasteiger partial charge in [0.1, 0.15) is 19.0 Å². The Morgan fingerprint density at radius 2 is 1.33 bits per heavy atom. The van der Waals surface area contributed by atoms with Gasteiger partial charge in [0.15, 0.2) is 0 Å². The summed E-state index contributed by atoms with van der Waals surface area (Å²) in [6, 6.07) is 32.4. The molecule has 1 saturated carbocycles. The Morgan fingerprint density at radius 1 is 0.744 bits per heavy atom. The van der Waals surface area contributed by atoms with E-state index >= 15 is 0 Å². The molecule has 0 spiro atoms. The van der Waals surface area contributed by atoms with Gasteiger partial charge in [0.2, 0.25) is 11.8 Å². The Balaban J connectivity index is 0.000000826. The number of rotatable bonds is 10. The van der Waals surface area contributed by atoms with E-state index < -0.39 is 0 Å². The molecule has 1 aliphatic rings. The predicted molar refractivity (Wildman–Crippen MR) is 152 cm³/mol. The van der Waals surface area contributed by atoms with Crippen molar-refractivity contribution in [1.29, 1.82) is 0 Å². The summed E-state index contributed by atoms with van der Waals surface area (Å²) in [5.74, 6) is 2.02. The van der Waals surface area contributed by atoms with E-state index in [2.05, 4.69) is 16.9 Å². The molecule has 0 aliphatic heterocycles. The van der Waals surface area contributed by atoms with Crippen molar-refractivity contribution in [2.75, 3.05) is 7.11 Å². The van der Waals surface area contributed by atoms with E-state index in [1.165, 1.54) is 26.4 Å². The van der Waals surface area contributed by atoms with Gasteiger partial charge in [0, 0.05) is 11.6 Å². The Kier molecular flexibility index (Phi) is 10.8. The smallest absolute Gasteiger partial charge is 0.292 e. The summed E-state index contributed by atoms with van der Waals surface area (Å²) in [6.07, 6.45) is 6.47. The van der Waals surface area contributed by atoms with Gasteiger partial charge in [-0.25, -0.2) is 0 Å². The molecule has 0 N–H and O–H groups in total. The molecule has 0 atom stereocenters. The number of hydrogen-bond acceptors (Lipinski definition) is 6. The van der Waals surface area contributed by atoms with Crippen molar-refractivity contribution < 1.29 is 23.7 Å². The molecule has 0 saturated heterocycles. The van der Waals surface area contributed by atoms with E-state index in [9.17, 15) is 0 Å². The number of nitrogens with zero attached hydrogens (tertiary/aromatic N) is 1. The van der Waals surface area contributed by atoms with Crippen LogP contribution in [0.2, 0.25) is 0 Å². The monoisotopic (exact) mass is 525 g/mol. The van der Waals surface area contributed by atoms with Crippen LogP contribution in [0.15, 0.2) is 97.1 Å². The predicted octanol–water partition coefficient (Wildman–Crippen LogP) is 7.41. The van der Waals surface area contributed by atoms with Gasteiger partial charge in [-0.1, -0.05) is 79.2 Å². The van der Waals surface area contributed by atoms with Crippen molar-refractivity contribution in [3.8, 4) is 28.6 Å². The Bertz CT molecular complexity index is 1260. The van der Waals surface area contributed by atoms with Crippen LogP contribution < -0.4 is 14.2 Å². The van der Waals surface area contributed by atoms with Crippen LogP contribution in [0, 0.1) is 0 Å². The molecule has 0 unspecified atom stereocenters. The summed E-state index contributed by atoms with van der Waals surface area (Å²) in [6.45, 7) is 1.27. The molecule has 1 fully saturated rings. The largest absolute Gasteiger partial charge is 0.490 e. The van der Waals surface area contributed by atoms with Gasteiger partial charge in [-0.15, -0.1) is 0 Å². The average molecular weight is 526 g/mol. The summed E-state index contributed by atoms with van der Waals surface area (Å²) in [5, 5.41) is 0. The highest BCUT2D eigenvalue weighted by Gasteiger charge is 2.16. The minimum Gasteiger partial charge on any atom is -0.490 e. The third kappa shape index (κ3) is 8.88. The minimum absolute atomic E-state index is 0.335. The molecule has 5 rings (SSSR count). The second-order valence-electron chi connectivity index (χ2n) is 9.28. The fraction of sp³-hybridized carbons (Fsp3) is 0.273. The van der Waals surface area contributed by atoms with E-state index in [0.717, 1.165) is 40.8 Å². The molecule has 6 nitrogen and oxygen atoms in total. The van der Waals surface area contributed by atoms with E-state index in [0.29, 0.717) is 37.5 Å². The number of ether oxygens (including phenoxy) is 4. The SMILES string of the molecule is COC=O.c1ccc(COc2ccc(-c3ccc(OC4CCCCC4)cc3)c(OCc3ccccc3)n2)cc1. The summed E-state index contributed by atoms with van der Waals surface area (Å²) in [5.41, 5.74) is 4.15. The van der Waals surface area contributed by atoms with Gasteiger partial charge >= 0.3 is 0 Å². The van der Waals surface area contributed by atoms with Crippen LogP contribution >= 0.6 is 0 Å². The van der Waals surface area contributed by atoms with E-state index in [4.69, 9.17) is 24.0 Å². The number of pyridine rings is 1. The third-order valence-electron chi connectivity index (χ3n) is 6.40. The highest BCUT2D eigenvalue weighted by atomic mass is 16.5. The molecule has 1 heterocycles. The standard InChI is InChI=1S/C31H31NO3.C2H4O2/c1-4-10-24(11-5-1)22-33-30-21-20-29(31(32-30)34-23-25-12-6-2-7-13-25)26-16-18-28(19-17-26)35-27-14-8-3-9-15-27;1-4-2-3/h1-2,4-7,10-13,16-21,27H,3,8-9,14-15,22-23H2;2H,1H3. The fourth-order valence-electron chi connectivity index (χ4n) is 4.38. The molecule has 3 aromatic carbocycles. The Hall–Kier alpha value is -4.32. The quantitative estimate of drug-likeness (QED) is 0.201. The summed E-state index contributed by atoms with van der Waals surface area (Å²) in [4.78, 5) is 13.7. The van der Waals surface area contributed by atoms with Crippen LogP contribution in [0.5, 0.6) is 17.5 Å². The number of hydrogen-bond donors (Lipinski definition) is 0. The molecule has 0 bridgehead atoms. The zero-order valence-electron chi connectivity index (χ0n) is 22.3. The number of aromatic nitrogens is 1. The maximum absolute atomic E-state index is 8.95. The van der Waals surface area contributed by atoms with Crippen LogP contribution in [-0.4, -0.2) is 24.7 Å². The lowest BCUT2D eigenvalue weighted by molar-refractivity contribution is -0.126. The van der Waals surface area contributed by atoms with Crippen LogP contribution in [-0.2, 0) is 22.7 Å². The molecular weight excluding hydrogens is 490 g/mol. The van der Waals surface area contributed by atoms with Crippen LogP contribution in [0.3, 0.4) is 0 Å². The first-order valence-corrected chi connectivity index (χ1v) is 13.3. The molecule has 4 aromatic rings. The molecule has 0 amide bonds. The van der Waals surface area contributed by atoms with Crippen molar-refractivity contribution in [2.24, 2.45) is 0 Å². The number of methoxy groups -OCH3 is 1. The number of benzene rings is 3. The highest BCUT2D eigenvalue weighted by molar-refractivity contribution is 5.69. The molecular formula is C33H35NO5. The lowest BCUT2D eigenvalue weighted by Crippen LogP contribution is -2.19. The van der Waals surface area contributed by atoms with Crippen molar-refractivity contribution >= 4 is 6.47 Å². The van der Waals surface area contributed by atoms with Gasteiger partial charge < -0.3 is 18.9 Å². The summed E-state index contributed by atoms with van der Waals surface area (Å²) >= 11 is 0. The zero-order chi connectivity index (χ0) is 27.1. The van der Waals surface area contributed by atoms with Gasteiger partial charge in [-0.3, -0.25) is 4.79 Å². The normalized spacial score (nSPS) is 12.9. The molecule has 0 radical (unpaired) electrons. The van der Waals surface area contributed by atoms with E-state index in [1.54, 1.807) is 0 Å².